The van der Waals surface area contributed by atoms with Crippen molar-refractivity contribution in [2.45, 2.75) is 12.5 Å². The quantitative estimate of drug-likeness (QED) is 0.823. The molecular weight excluding hydrogens is 230 g/mol. The first-order chi connectivity index (χ1) is 8.48. The Kier molecular flexibility index (Phi) is 3.54. The number of rotatable bonds is 4. The molecule has 1 aromatic carbocycles. The van der Waals surface area contributed by atoms with Gasteiger partial charge in [-0.1, -0.05) is 6.07 Å². The van der Waals surface area contributed by atoms with E-state index in [1.807, 2.05) is 30.0 Å². The molecule has 0 aromatic heterocycles. The number of amides is 1. The number of carbonyl (C=O) groups excluding carboxylic acids is 1. The fraction of sp³-hybridized carbons (Fsp3) is 0.462. The summed E-state index contributed by atoms with van der Waals surface area (Å²) in [5.41, 5.74) is 6.49. The molecule has 0 saturated carbocycles. The van der Waals surface area contributed by atoms with E-state index in [4.69, 9.17) is 10.5 Å². The molecule has 1 heterocycles. The minimum absolute atomic E-state index is 0.0289. The number of methoxy groups -OCH3 is 1. The minimum Gasteiger partial charge on any atom is -0.497 e. The van der Waals surface area contributed by atoms with Gasteiger partial charge in [0.05, 0.1) is 13.7 Å². The molecule has 1 saturated heterocycles. The number of carbonyl (C=O) groups is 1. The molecule has 1 aliphatic rings. The number of benzene rings is 1. The second-order valence-electron chi connectivity index (χ2n) is 5.08. The molecule has 5 heteroatoms. The van der Waals surface area contributed by atoms with Gasteiger partial charge in [-0.2, -0.15) is 0 Å². The van der Waals surface area contributed by atoms with Crippen molar-refractivity contribution < 1.29 is 9.53 Å². The monoisotopic (exact) mass is 249 g/mol. The van der Waals surface area contributed by atoms with Crippen LogP contribution in [0.15, 0.2) is 24.3 Å². The van der Waals surface area contributed by atoms with Crippen molar-refractivity contribution in [3.8, 4) is 5.75 Å². The van der Waals surface area contributed by atoms with Crippen molar-refractivity contribution in [3.05, 3.63) is 24.3 Å². The van der Waals surface area contributed by atoms with E-state index in [1.54, 1.807) is 13.2 Å². The van der Waals surface area contributed by atoms with Gasteiger partial charge in [0.2, 0.25) is 5.91 Å². The van der Waals surface area contributed by atoms with Crippen molar-refractivity contribution in [1.29, 1.82) is 0 Å². The molecule has 1 amide bonds. The topological polar surface area (TPSA) is 67.6 Å². The van der Waals surface area contributed by atoms with Gasteiger partial charge in [0.1, 0.15) is 5.75 Å². The van der Waals surface area contributed by atoms with Crippen LogP contribution in [0.2, 0.25) is 0 Å². The van der Waals surface area contributed by atoms with Crippen LogP contribution in [0.1, 0.15) is 6.92 Å². The Morgan fingerprint density at radius 2 is 2.28 bits per heavy atom. The largest absolute Gasteiger partial charge is 0.497 e. The predicted octanol–water partition coefficient (Wildman–Crippen LogP) is 0.667. The maximum Gasteiger partial charge on any atom is 0.238 e. The smallest absolute Gasteiger partial charge is 0.238 e. The second-order valence-corrected chi connectivity index (χ2v) is 5.08. The number of hydrogen-bond donors (Lipinski definition) is 2. The van der Waals surface area contributed by atoms with Gasteiger partial charge in [-0.3, -0.25) is 9.69 Å². The summed E-state index contributed by atoms with van der Waals surface area (Å²) >= 11 is 0. The van der Waals surface area contributed by atoms with E-state index in [0.29, 0.717) is 6.54 Å². The van der Waals surface area contributed by atoms with Gasteiger partial charge in [-0.25, -0.2) is 0 Å². The lowest BCUT2D eigenvalue weighted by Gasteiger charge is -2.44. The van der Waals surface area contributed by atoms with Crippen LogP contribution >= 0.6 is 0 Å². The molecule has 5 nitrogen and oxygen atoms in total. The van der Waals surface area contributed by atoms with Crippen LogP contribution in [0, 0.1) is 0 Å². The van der Waals surface area contributed by atoms with Crippen LogP contribution in [0.3, 0.4) is 0 Å². The molecule has 0 unspecified atom stereocenters. The summed E-state index contributed by atoms with van der Waals surface area (Å²) in [6.07, 6.45) is 0. The minimum atomic E-state index is -0.143. The third kappa shape index (κ3) is 3.21. The number of hydrogen-bond acceptors (Lipinski definition) is 4. The fourth-order valence-corrected chi connectivity index (χ4v) is 2.19. The lowest BCUT2D eigenvalue weighted by atomic mass is 9.94. The maximum atomic E-state index is 11.8. The Labute approximate surface area is 107 Å². The summed E-state index contributed by atoms with van der Waals surface area (Å²) in [7, 11) is 1.60. The van der Waals surface area contributed by atoms with E-state index in [1.165, 1.54) is 0 Å². The van der Waals surface area contributed by atoms with Crippen LogP contribution in [-0.2, 0) is 4.79 Å². The van der Waals surface area contributed by atoms with E-state index < -0.39 is 0 Å². The first kappa shape index (κ1) is 12.9. The number of nitrogens with zero attached hydrogens (tertiary/aromatic N) is 1. The number of ether oxygens (including phenoxy) is 1. The summed E-state index contributed by atoms with van der Waals surface area (Å²) in [5.74, 6) is 0.699. The molecule has 0 aliphatic carbocycles. The summed E-state index contributed by atoms with van der Waals surface area (Å²) in [4.78, 5) is 13.8. The molecule has 98 valence electrons. The van der Waals surface area contributed by atoms with Crippen molar-refractivity contribution in [3.63, 3.8) is 0 Å². The number of nitrogens with two attached hydrogens (primary N) is 1. The zero-order chi connectivity index (χ0) is 13.2. The normalized spacial score (nSPS) is 17.9. The van der Waals surface area contributed by atoms with E-state index in [9.17, 15) is 4.79 Å². The summed E-state index contributed by atoms with van der Waals surface area (Å²) in [6, 6.07) is 7.31. The van der Waals surface area contributed by atoms with Crippen molar-refractivity contribution in [1.82, 2.24) is 4.90 Å². The standard InChI is InChI=1S/C13H19N3O2/c1-13(14)8-16(9-13)7-12(17)15-10-4-3-5-11(6-10)18-2/h3-6H,7-9,14H2,1-2H3,(H,15,17). The van der Waals surface area contributed by atoms with Crippen molar-refractivity contribution in [2.24, 2.45) is 5.73 Å². The fourth-order valence-electron chi connectivity index (χ4n) is 2.19. The Morgan fingerprint density at radius 1 is 1.56 bits per heavy atom. The first-order valence-corrected chi connectivity index (χ1v) is 5.94. The Morgan fingerprint density at radius 3 is 2.89 bits per heavy atom. The molecule has 1 aliphatic heterocycles. The van der Waals surface area contributed by atoms with Crippen LogP contribution in [0.4, 0.5) is 5.69 Å². The van der Waals surface area contributed by atoms with E-state index in [0.717, 1.165) is 24.5 Å². The lowest BCUT2D eigenvalue weighted by molar-refractivity contribution is -0.118. The predicted molar refractivity (Wildman–Crippen MR) is 70.7 cm³/mol. The van der Waals surface area contributed by atoms with Crippen molar-refractivity contribution in [2.75, 3.05) is 32.1 Å². The number of anilines is 1. The zero-order valence-corrected chi connectivity index (χ0v) is 10.8. The summed E-state index contributed by atoms with van der Waals surface area (Å²) < 4.78 is 5.10. The Hall–Kier alpha value is -1.59. The summed E-state index contributed by atoms with van der Waals surface area (Å²) in [5, 5.41) is 2.84. The van der Waals surface area contributed by atoms with Gasteiger partial charge >= 0.3 is 0 Å². The highest BCUT2D eigenvalue weighted by atomic mass is 16.5. The first-order valence-electron chi connectivity index (χ1n) is 5.94. The van der Waals surface area contributed by atoms with Gasteiger partial charge in [-0.15, -0.1) is 0 Å². The van der Waals surface area contributed by atoms with E-state index in [-0.39, 0.29) is 11.4 Å². The molecule has 0 atom stereocenters. The van der Waals surface area contributed by atoms with E-state index in [2.05, 4.69) is 5.32 Å². The van der Waals surface area contributed by atoms with Gasteiger partial charge in [-0.05, 0) is 19.1 Å². The second kappa shape index (κ2) is 4.96. The van der Waals surface area contributed by atoms with Gasteiger partial charge in [0, 0.05) is 30.4 Å². The average molecular weight is 249 g/mol. The molecule has 0 bridgehead atoms. The highest BCUT2D eigenvalue weighted by Crippen LogP contribution is 2.18. The molecule has 0 spiro atoms. The van der Waals surface area contributed by atoms with Crippen LogP contribution in [0.25, 0.3) is 0 Å². The molecular formula is C13H19N3O2. The molecule has 0 radical (unpaired) electrons. The summed E-state index contributed by atoms with van der Waals surface area (Å²) in [6.45, 7) is 3.89. The number of likely N-dealkylation sites (tertiary alicyclic amines) is 1. The average Bonchev–Trinajstić information content (AvgIpc) is 2.26. The van der Waals surface area contributed by atoms with Crippen LogP contribution in [0.5, 0.6) is 5.75 Å². The molecule has 18 heavy (non-hydrogen) atoms. The zero-order valence-electron chi connectivity index (χ0n) is 10.8. The van der Waals surface area contributed by atoms with E-state index >= 15 is 0 Å². The maximum absolute atomic E-state index is 11.8. The van der Waals surface area contributed by atoms with Gasteiger partial charge < -0.3 is 15.8 Å². The third-order valence-corrected chi connectivity index (χ3v) is 2.89. The highest BCUT2D eigenvalue weighted by Gasteiger charge is 2.35. The molecule has 2 rings (SSSR count). The Balaban J connectivity index is 1.84. The third-order valence-electron chi connectivity index (χ3n) is 2.89. The van der Waals surface area contributed by atoms with Crippen LogP contribution in [-0.4, -0.2) is 43.1 Å². The number of nitrogens with one attached hydrogen (secondary N) is 1. The van der Waals surface area contributed by atoms with Gasteiger partial charge in [0.15, 0.2) is 0 Å². The molecule has 3 N–H and O–H groups in total. The van der Waals surface area contributed by atoms with Crippen molar-refractivity contribution >= 4 is 11.6 Å². The highest BCUT2D eigenvalue weighted by molar-refractivity contribution is 5.92. The SMILES string of the molecule is COc1cccc(NC(=O)CN2CC(C)(N)C2)c1. The molecule has 1 aromatic rings. The lowest BCUT2D eigenvalue weighted by Crippen LogP contribution is -2.66. The van der Waals surface area contributed by atoms with Gasteiger partial charge in [0.25, 0.3) is 0 Å². The Bertz CT molecular complexity index is 438. The molecule has 1 fully saturated rings. The van der Waals surface area contributed by atoms with Crippen LogP contribution < -0.4 is 15.8 Å².